The van der Waals surface area contributed by atoms with Crippen LogP contribution in [0.5, 0.6) is 5.75 Å². The van der Waals surface area contributed by atoms with Crippen LogP contribution < -0.4 is 9.64 Å². The summed E-state index contributed by atoms with van der Waals surface area (Å²) in [6.07, 6.45) is 4.20. The third-order valence-corrected chi connectivity index (χ3v) is 7.69. The predicted octanol–water partition coefficient (Wildman–Crippen LogP) is 6.16. The number of aliphatic hydroxyl groups excluding tert-OH is 1. The fourth-order valence-electron chi connectivity index (χ4n) is 4.35. The molecule has 40 heavy (non-hydrogen) atoms. The fourth-order valence-corrected chi connectivity index (χ4v) is 5.34. The van der Waals surface area contributed by atoms with Gasteiger partial charge in [-0.15, -0.1) is 0 Å². The minimum absolute atomic E-state index is 0.0300. The minimum Gasteiger partial charge on any atom is -0.507 e. The zero-order valence-electron chi connectivity index (χ0n) is 22.8. The fraction of sp³-hybridized carbons (Fsp3) is 0.290. The molecule has 1 N–H and O–H groups in total. The van der Waals surface area contributed by atoms with E-state index in [1.165, 1.54) is 11.0 Å². The van der Waals surface area contributed by atoms with E-state index < -0.39 is 23.7 Å². The van der Waals surface area contributed by atoms with Crippen LogP contribution >= 0.6 is 11.3 Å². The number of aliphatic hydroxyl groups is 1. The highest BCUT2D eigenvalue weighted by Gasteiger charge is 2.48. The average Bonchev–Trinajstić information content (AvgIpc) is 3.48. The first kappa shape index (κ1) is 28.8. The second-order valence-corrected chi connectivity index (χ2v) is 10.3. The van der Waals surface area contributed by atoms with Crippen molar-refractivity contribution in [3.8, 4) is 5.75 Å². The second kappa shape index (κ2) is 12.7. The zero-order chi connectivity index (χ0) is 28.8. The molecule has 1 unspecified atom stereocenters. The molecule has 0 radical (unpaired) electrons. The maximum absolute atomic E-state index is 13.5. The highest BCUT2D eigenvalue weighted by molar-refractivity contribution is 7.17. The molecule has 1 aromatic heterocycles. The van der Waals surface area contributed by atoms with Crippen LogP contribution in [0.1, 0.15) is 64.8 Å². The van der Waals surface area contributed by atoms with Gasteiger partial charge in [0.1, 0.15) is 23.0 Å². The lowest BCUT2D eigenvalue weighted by Gasteiger charge is -2.23. The van der Waals surface area contributed by atoms with Crippen molar-refractivity contribution in [2.45, 2.75) is 46.1 Å². The quantitative estimate of drug-likeness (QED) is 0.0747. The van der Waals surface area contributed by atoms with Crippen molar-refractivity contribution in [3.63, 3.8) is 0 Å². The lowest BCUT2D eigenvalue weighted by Crippen LogP contribution is -2.29. The summed E-state index contributed by atoms with van der Waals surface area (Å²) in [6, 6.07) is 13.3. The van der Waals surface area contributed by atoms with Gasteiger partial charge in [0.15, 0.2) is 5.13 Å². The molecule has 0 aliphatic carbocycles. The molecule has 1 amide bonds. The molecule has 0 spiro atoms. The number of aryl methyl sites for hydroxylation is 2. The number of ether oxygens (including phenoxy) is 2. The molecule has 0 saturated carbocycles. The first-order chi connectivity index (χ1) is 19.3. The van der Waals surface area contributed by atoms with Gasteiger partial charge >= 0.3 is 11.9 Å². The van der Waals surface area contributed by atoms with Crippen LogP contribution in [0.3, 0.4) is 0 Å². The first-order valence-corrected chi connectivity index (χ1v) is 14.0. The molecule has 1 saturated heterocycles. The lowest BCUT2D eigenvalue weighted by molar-refractivity contribution is -0.132. The molecule has 8 nitrogen and oxygen atoms in total. The van der Waals surface area contributed by atoms with Crippen molar-refractivity contribution < 1.29 is 29.0 Å². The summed E-state index contributed by atoms with van der Waals surface area (Å²) in [4.78, 5) is 45.4. The minimum atomic E-state index is -0.950. The molecule has 9 heteroatoms. The van der Waals surface area contributed by atoms with E-state index >= 15 is 0 Å². The molecule has 0 bridgehead atoms. The van der Waals surface area contributed by atoms with Gasteiger partial charge in [-0.25, -0.2) is 9.78 Å². The number of ketones is 1. The monoisotopic (exact) mass is 560 g/mol. The SMILES string of the molecule is C=CCOC(=O)c1sc(N2C(=O)C(=O)C(=C(O)c3ccc(OCCCC)cc3)C2c2ccc(CC)cc2)nc1C. The van der Waals surface area contributed by atoms with E-state index in [-0.39, 0.29) is 27.9 Å². The van der Waals surface area contributed by atoms with Crippen LogP contribution in [0, 0.1) is 6.92 Å². The second-order valence-electron chi connectivity index (χ2n) is 9.29. The smallest absolute Gasteiger partial charge is 0.350 e. The Morgan fingerprint density at radius 2 is 1.82 bits per heavy atom. The largest absolute Gasteiger partial charge is 0.507 e. The molecule has 1 atom stereocenters. The Morgan fingerprint density at radius 3 is 2.45 bits per heavy atom. The summed E-state index contributed by atoms with van der Waals surface area (Å²) in [5, 5.41) is 11.6. The summed E-state index contributed by atoms with van der Waals surface area (Å²) in [6.45, 7) is 9.90. The van der Waals surface area contributed by atoms with Crippen molar-refractivity contribution in [3.05, 3.63) is 94.0 Å². The van der Waals surface area contributed by atoms with Gasteiger partial charge in [-0.2, -0.15) is 0 Å². The van der Waals surface area contributed by atoms with Gasteiger partial charge in [0.05, 0.1) is 23.9 Å². The highest BCUT2D eigenvalue weighted by atomic mass is 32.1. The van der Waals surface area contributed by atoms with Crippen molar-refractivity contribution in [2.75, 3.05) is 18.1 Å². The normalized spacial score (nSPS) is 16.3. The van der Waals surface area contributed by atoms with Crippen molar-refractivity contribution >= 4 is 39.9 Å². The number of anilines is 1. The molecule has 3 aromatic rings. The van der Waals surface area contributed by atoms with E-state index in [1.807, 2.05) is 31.2 Å². The van der Waals surface area contributed by atoms with Gasteiger partial charge in [0, 0.05) is 5.56 Å². The summed E-state index contributed by atoms with van der Waals surface area (Å²) in [7, 11) is 0. The number of hydrogen-bond donors (Lipinski definition) is 1. The van der Waals surface area contributed by atoms with Gasteiger partial charge in [-0.05, 0) is 55.2 Å². The third kappa shape index (κ3) is 5.84. The van der Waals surface area contributed by atoms with Gasteiger partial charge < -0.3 is 14.6 Å². The number of nitrogens with zero attached hydrogens (tertiary/aromatic N) is 2. The number of carbonyl (C=O) groups is 3. The van der Waals surface area contributed by atoms with E-state index in [0.29, 0.717) is 29.2 Å². The Labute approximate surface area is 237 Å². The van der Waals surface area contributed by atoms with Gasteiger partial charge in [0.25, 0.3) is 5.78 Å². The number of amides is 1. The number of benzene rings is 2. The Balaban J connectivity index is 1.80. The first-order valence-electron chi connectivity index (χ1n) is 13.2. The van der Waals surface area contributed by atoms with Crippen molar-refractivity contribution in [2.24, 2.45) is 0 Å². The number of hydrogen-bond acceptors (Lipinski definition) is 8. The number of Topliss-reactive ketones (excluding diaryl/α,β-unsaturated/α-hetero) is 1. The molecular formula is C31H32N2O6S. The summed E-state index contributed by atoms with van der Waals surface area (Å²) < 4.78 is 10.9. The van der Waals surface area contributed by atoms with Gasteiger partial charge in [-0.3, -0.25) is 14.5 Å². The average molecular weight is 561 g/mol. The Bertz CT molecular complexity index is 1440. The van der Waals surface area contributed by atoms with Crippen molar-refractivity contribution in [1.29, 1.82) is 0 Å². The van der Waals surface area contributed by atoms with Crippen LogP contribution in [-0.2, 0) is 20.7 Å². The standard InChI is InChI=1S/C31H32N2O6S/c1-5-8-18-38-23-15-13-22(14-16-23)26(34)24-25(21-11-9-20(7-3)10-12-21)33(29(36)27(24)35)31-32-19(4)28(40-31)30(37)39-17-6-2/h6,9-16,25,34H,2,5,7-8,17-18H2,1,3-4H3. The van der Waals surface area contributed by atoms with Crippen LogP contribution in [0.2, 0.25) is 0 Å². The molecule has 1 aliphatic rings. The Morgan fingerprint density at radius 1 is 1.12 bits per heavy atom. The number of unbranched alkanes of at least 4 members (excludes halogenated alkanes) is 1. The molecule has 2 heterocycles. The van der Waals surface area contributed by atoms with Crippen LogP contribution in [0.25, 0.3) is 5.76 Å². The number of esters is 1. The molecule has 2 aromatic carbocycles. The molecule has 1 aliphatic heterocycles. The van der Waals surface area contributed by atoms with E-state index in [2.05, 4.69) is 18.5 Å². The topological polar surface area (TPSA) is 106 Å². The van der Waals surface area contributed by atoms with Gasteiger partial charge in [-0.1, -0.05) is 68.5 Å². The van der Waals surface area contributed by atoms with E-state index in [4.69, 9.17) is 9.47 Å². The predicted molar refractivity (Wildman–Crippen MR) is 155 cm³/mol. The molecular weight excluding hydrogens is 528 g/mol. The molecule has 4 rings (SSSR count). The van der Waals surface area contributed by atoms with Crippen LogP contribution in [0.15, 0.2) is 66.8 Å². The number of rotatable bonds is 11. The number of carbonyl (C=O) groups excluding carboxylic acids is 3. The summed E-state index contributed by atoms with van der Waals surface area (Å²) in [5.74, 6) is -1.93. The number of thiazole rings is 1. The lowest BCUT2D eigenvalue weighted by atomic mass is 9.94. The maximum atomic E-state index is 13.5. The van der Waals surface area contributed by atoms with Crippen molar-refractivity contribution in [1.82, 2.24) is 4.98 Å². The number of aromatic nitrogens is 1. The Hall–Kier alpha value is -4.24. The van der Waals surface area contributed by atoms with Crippen LogP contribution in [-0.4, -0.2) is 41.0 Å². The van der Waals surface area contributed by atoms with Crippen LogP contribution in [0.4, 0.5) is 5.13 Å². The summed E-state index contributed by atoms with van der Waals surface area (Å²) >= 11 is 0.960. The Kier molecular flexibility index (Phi) is 9.16. The van der Waals surface area contributed by atoms with Gasteiger partial charge in [0.2, 0.25) is 0 Å². The summed E-state index contributed by atoms with van der Waals surface area (Å²) in [5.41, 5.74) is 2.39. The molecule has 208 valence electrons. The van der Waals surface area contributed by atoms with E-state index in [0.717, 1.165) is 36.2 Å². The molecule has 1 fully saturated rings. The van der Waals surface area contributed by atoms with E-state index in [1.54, 1.807) is 31.2 Å². The highest BCUT2D eigenvalue weighted by Crippen LogP contribution is 2.44. The van der Waals surface area contributed by atoms with E-state index in [9.17, 15) is 19.5 Å². The maximum Gasteiger partial charge on any atom is 0.350 e. The third-order valence-electron chi connectivity index (χ3n) is 6.55. The zero-order valence-corrected chi connectivity index (χ0v) is 23.6.